The van der Waals surface area contributed by atoms with Crippen molar-refractivity contribution in [2.75, 3.05) is 13.6 Å². The average Bonchev–Trinajstić information content (AvgIpc) is 2.88. The highest BCUT2D eigenvalue weighted by Gasteiger charge is 2.49. The number of amides is 4. The van der Waals surface area contributed by atoms with Gasteiger partial charge in [0, 0.05) is 13.6 Å². The summed E-state index contributed by atoms with van der Waals surface area (Å²) >= 11 is 0. The van der Waals surface area contributed by atoms with E-state index in [1.807, 2.05) is 44.2 Å². The van der Waals surface area contributed by atoms with Gasteiger partial charge < -0.3 is 10.2 Å². The van der Waals surface area contributed by atoms with Gasteiger partial charge in [0.15, 0.2) is 0 Å². The maximum Gasteiger partial charge on any atom is 0.325 e. The summed E-state index contributed by atoms with van der Waals surface area (Å²) in [5.41, 5.74) is 2.82. The van der Waals surface area contributed by atoms with Crippen molar-refractivity contribution in [2.45, 2.75) is 32.9 Å². The van der Waals surface area contributed by atoms with Crippen LogP contribution in [0, 0.1) is 13.8 Å². The van der Waals surface area contributed by atoms with E-state index >= 15 is 0 Å². The monoisotopic (exact) mass is 379 g/mol. The molecular weight excluding hydrogens is 354 g/mol. The van der Waals surface area contributed by atoms with Crippen LogP contribution >= 0.6 is 0 Å². The molecule has 0 bridgehead atoms. The molecule has 0 radical (unpaired) electrons. The molecule has 2 aromatic carbocycles. The van der Waals surface area contributed by atoms with Crippen molar-refractivity contribution in [1.29, 1.82) is 0 Å². The second kappa shape index (κ2) is 7.46. The molecule has 6 heteroatoms. The third-order valence-corrected chi connectivity index (χ3v) is 5.25. The van der Waals surface area contributed by atoms with E-state index in [-0.39, 0.29) is 12.5 Å². The van der Waals surface area contributed by atoms with E-state index in [0.29, 0.717) is 12.1 Å². The van der Waals surface area contributed by atoms with Crippen LogP contribution in [0.3, 0.4) is 0 Å². The summed E-state index contributed by atoms with van der Waals surface area (Å²) in [5, 5.41) is 2.72. The fourth-order valence-corrected chi connectivity index (χ4v) is 3.43. The van der Waals surface area contributed by atoms with Crippen molar-refractivity contribution in [3.05, 3.63) is 70.8 Å². The molecule has 0 aliphatic carbocycles. The SMILES string of the molecule is Cc1ccc(CN(C)C(=O)CN2C(=O)N[C@](C)(c3ccccc3)C2=O)c(C)c1. The summed E-state index contributed by atoms with van der Waals surface area (Å²) in [7, 11) is 1.68. The van der Waals surface area contributed by atoms with Crippen molar-refractivity contribution in [3.63, 3.8) is 0 Å². The molecule has 1 atom stereocenters. The fourth-order valence-electron chi connectivity index (χ4n) is 3.43. The van der Waals surface area contributed by atoms with E-state index in [1.54, 1.807) is 26.1 Å². The van der Waals surface area contributed by atoms with Gasteiger partial charge in [0.05, 0.1) is 0 Å². The van der Waals surface area contributed by atoms with Gasteiger partial charge in [-0.25, -0.2) is 4.79 Å². The largest absolute Gasteiger partial charge is 0.340 e. The summed E-state index contributed by atoms with van der Waals surface area (Å²) in [4.78, 5) is 40.5. The maximum atomic E-state index is 12.9. The van der Waals surface area contributed by atoms with Crippen molar-refractivity contribution in [2.24, 2.45) is 0 Å². The lowest BCUT2D eigenvalue weighted by atomic mass is 9.92. The van der Waals surface area contributed by atoms with Gasteiger partial charge in [0.25, 0.3) is 5.91 Å². The van der Waals surface area contributed by atoms with Gasteiger partial charge >= 0.3 is 6.03 Å². The Balaban J connectivity index is 1.71. The first kappa shape index (κ1) is 19.6. The molecule has 1 aliphatic heterocycles. The van der Waals surface area contributed by atoms with E-state index in [9.17, 15) is 14.4 Å². The van der Waals surface area contributed by atoms with Gasteiger partial charge in [-0.05, 0) is 37.5 Å². The van der Waals surface area contributed by atoms with Gasteiger partial charge in [-0.1, -0.05) is 54.1 Å². The topological polar surface area (TPSA) is 69.7 Å². The summed E-state index contributed by atoms with van der Waals surface area (Å²) < 4.78 is 0. The Morgan fingerprint density at radius 3 is 2.43 bits per heavy atom. The Morgan fingerprint density at radius 2 is 1.79 bits per heavy atom. The number of nitrogens with one attached hydrogen (secondary N) is 1. The number of rotatable bonds is 5. The minimum Gasteiger partial charge on any atom is -0.340 e. The number of urea groups is 1. The Kier molecular flexibility index (Phi) is 5.23. The zero-order valence-corrected chi connectivity index (χ0v) is 16.7. The summed E-state index contributed by atoms with van der Waals surface area (Å²) in [5.74, 6) is -0.710. The first-order valence-corrected chi connectivity index (χ1v) is 9.22. The molecule has 3 rings (SSSR count). The van der Waals surface area contributed by atoms with Crippen LogP contribution in [0.1, 0.15) is 29.2 Å². The molecule has 6 nitrogen and oxygen atoms in total. The van der Waals surface area contributed by atoms with Crippen molar-refractivity contribution in [3.8, 4) is 0 Å². The fraction of sp³-hybridized carbons (Fsp3) is 0.318. The second-order valence-electron chi connectivity index (χ2n) is 7.49. The van der Waals surface area contributed by atoms with E-state index in [0.717, 1.165) is 21.6 Å². The Labute approximate surface area is 165 Å². The minimum atomic E-state index is -1.16. The van der Waals surface area contributed by atoms with Gasteiger partial charge in [-0.3, -0.25) is 14.5 Å². The molecule has 0 spiro atoms. The molecule has 0 aromatic heterocycles. The van der Waals surface area contributed by atoms with E-state index < -0.39 is 17.5 Å². The highest BCUT2D eigenvalue weighted by Crippen LogP contribution is 2.28. The molecule has 4 amide bonds. The molecule has 146 valence electrons. The summed E-state index contributed by atoms with van der Waals surface area (Å²) in [6.45, 7) is 5.82. The van der Waals surface area contributed by atoms with Crippen LogP contribution in [-0.2, 0) is 21.7 Å². The van der Waals surface area contributed by atoms with Crippen LogP contribution in [0.15, 0.2) is 48.5 Å². The van der Waals surface area contributed by atoms with Crippen molar-refractivity contribution in [1.82, 2.24) is 15.1 Å². The molecule has 1 aliphatic rings. The Morgan fingerprint density at radius 1 is 1.11 bits per heavy atom. The lowest BCUT2D eigenvalue weighted by Crippen LogP contribution is -2.43. The molecule has 1 fully saturated rings. The number of benzene rings is 2. The van der Waals surface area contributed by atoms with Gasteiger partial charge in [0.2, 0.25) is 5.91 Å². The van der Waals surface area contributed by atoms with Crippen molar-refractivity contribution < 1.29 is 14.4 Å². The standard InChI is InChI=1S/C22H25N3O3/c1-15-10-11-17(16(2)12-15)13-24(4)19(26)14-25-20(27)22(3,23-21(25)28)18-8-6-5-7-9-18/h5-12H,13-14H2,1-4H3,(H,23,28)/t22-/m1/s1. The molecule has 1 N–H and O–H groups in total. The summed E-state index contributed by atoms with van der Waals surface area (Å²) in [6, 6.07) is 14.6. The first-order chi connectivity index (χ1) is 13.2. The predicted octanol–water partition coefficient (Wildman–Crippen LogP) is 2.73. The third kappa shape index (κ3) is 3.63. The lowest BCUT2D eigenvalue weighted by Gasteiger charge is -2.23. The van der Waals surface area contributed by atoms with Crippen LogP contribution < -0.4 is 5.32 Å². The van der Waals surface area contributed by atoms with Crippen LogP contribution in [-0.4, -0.2) is 41.2 Å². The number of imide groups is 1. The molecule has 0 saturated carbocycles. The van der Waals surface area contributed by atoms with Crippen LogP contribution in [0.5, 0.6) is 0 Å². The molecule has 1 saturated heterocycles. The number of nitrogens with zero attached hydrogens (tertiary/aromatic N) is 2. The van der Waals surface area contributed by atoms with Crippen LogP contribution in [0.25, 0.3) is 0 Å². The number of carbonyl (C=O) groups excluding carboxylic acids is 3. The quantitative estimate of drug-likeness (QED) is 0.812. The molecule has 1 heterocycles. The zero-order valence-electron chi connectivity index (χ0n) is 16.7. The van der Waals surface area contributed by atoms with Gasteiger partial charge in [-0.2, -0.15) is 0 Å². The zero-order chi connectivity index (χ0) is 20.5. The van der Waals surface area contributed by atoms with Crippen molar-refractivity contribution >= 4 is 17.8 Å². The van der Waals surface area contributed by atoms with E-state index in [4.69, 9.17) is 0 Å². The molecular formula is C22H25N3O3. The van der Waals surface area contributed by atoms with Gasteiger partial charge in [-0.15, -0.1) is 0 Å². The highest BCUT2D eigenvalue weighted by molar-refractivity contribution is 6.09. The lowest BCUT2D eigenvalue weighted by molar-refractivity contribution is -0.138. The van der Waals surface area contributed by atoms with Crippen LogP contribution in [0.2, 0.25) is 0 Å². The third-order valence-electron chi connectivity index (χ3n) is 5.25. The molecule has 0 unspecified atom stereocenters. The Hall–Kier alpha value is -3.15. The number of aryl methyl sites for hydroxylation is 2. The first-order valence-electron chi connectivity index (χ1n) is 9.22. The smallest absolute Gasteiger partial charge is 0.325 e. The molecule has 28 heavy (non-hydrogen) atoms. The highest BCUT2D eigenvalue weighted by atomic mass is 16.2. The number of carbonyl (C=O) groups is 3. The number of hydrogen-bond acceptors (Lipinski definition) is 3. The van der Waals surface area contributed by atoms with Crippen LogP contribution in [0.4, 0.5) is 4.79 Å². The maximum absolute atomic E-state index is 12.9. The normalized spacial score (nSPS) is 18.9. The minimum absolute atomic E-state index is 0.283. The van der Waals surface area contributed by atoms with E-state index in [1.165, 1.54) is 4.90 Å². The Bertz CT molecular complexity index is 926. The predicted molar refractivity (Wildman–Crippen MR) is 106 cm³/mol. The van der Waals surface area contributed by atoms with E-state index in [2.05, 4.69) is 11.4 Å². The average molecular weight is 379 g/mol. The molecule has 2 aromatic rings. The number of hydrogen-bond donors (Lipinski definition) is 1. The second-order valence-corrected chi connectivity index (χ2v) is 7.49. The number of likely N-dealkylation sites (N-methyl/N-ethyl adjacent to an activating group) is 1. The van der Waals surface area contributed by atoms with Gasteiger partial charge in [0.1, 0.15) is 12.1 Å². The summed E-state index contributed by atoms with van der Waals surface area (Å²) in [6.07, 6.45) is 0.